The van der Waals surface area contributed by atoms with E-state index >= 15 is 0 Å². The van der Waals surface area contributed by atoms with Gasteiger partial charge in [-0.1, -0.05) is 31.2 Å². The predicted octanol–water partition coefficient (Wildman–Crippen LogP) is 3.82. The summed E-state index contributed by atoms with van der Waals surface area (Å²) in [7, 11) is 1.29. The highest BCUT2D eigenvalue weighted by Gasteiger charge is 2.15. The molecule has 0 atom stereocenters. The van der Waals surface area contributed by atoms with Crippen LogP contribution in [0.25, 0.3) is 0 Å². The molecule has 1 aromatic heterocycles. The summed E-state index contributed by atoms with van der Waals surface area (Å²) in [5.74, 6) is -0.683. The molecule has 2 N–H and O–H groups in total. The minimum absolute atomic E-state index is 0.169. The summed E-state index contributed by atoms with van der Waals surface area (Å²) in [6, 6.07) is 16.0. The Labute approximate surface area is 162 Å². The van der Waals surface area contributed by atoms with Gasteiger partial charge in [-0.3, -0.25) is 4.79 Å². The lowest BCUT2D eigenvalue weighted by Crippen LogP contribution is -2.17. The molecule has 0 spiro atoms. The van der Waals surface area contributed by atoms with Crippen LogP contribution >= 0.6 is 0 Å². The number of nitrogens with zero attached hydrogens (tertiary/aromatic N) is 2. The number of carbonyl (C=O) groups is 2. The van der Waals surface area contributed by atoms with Crippen LogP contribution in [-0.2, 0) is 11.2 Å². The van der Waals surface area contributed by atoms with Gasteiger partial charge in [0, 0.05) is 11.9 Å². The zero-order valence-corrected chi connectivity index (χ0v) is 15.6. The third-order valence-electron chi connectivity index (χ3n) is 4.09. The molecule has 0 fully saturated rings. The molecule has 0 radical (unpaired) electrons. The van der Waals surface area contributed by atoms with Crippen molar-refractivity contribution >= 4 is 29.2 Å². The monoisotopic (exact) mass is 376 g/mol. The van der Waals surface area contributed by atoms with Crippen LogP contribution in [-0.4, -0.2) is 29.0 Å². The number of benzene rings is 2. The normalized spacial score (nSPS) is 10.2. The number of anilines is 3. The van der Waals surface area contributed by atoms with Crippen LogP contribution in [0.15, 0.2) is 60.8 Å². The topological polar surface area (TPSA) is 93.2 Å². The second kappa shape index (κ2) is 8.77. The number of hydrogen-bond acceptors (Lipinski definition) is 6. The highest BCUT2D eigenvalue weighted by Crippen LogP contribution is 2.18. The molecule has 0 aliphatic rings. The maximum Gasteiger partial charge on any atom is 0.339 e. The quantitative estimate of drug-likeness (QED) is 0.635. The van der Waals surface area contributed by atoms with Crippen molar-refractivity contribution in [1.29, 1.82) is 0 Å². The van der Waals surface area contributed by atoms with Crippen LogP contribution in [0, 0.1) is 0 Å². The van der Waals surface area contributed by atoms with Crippen LogP contribution in [0.3, 0.4) is 0 Å². The van der Waals surface area contributed by atoms with Crippen LogP contribution in [0.2, 0.25) is 0 Å². The highest BCUT2D eigenvalue weighted by molar-refractivity contribution is 6.07. The molecule has 28 heavy (non-hydrogen) atoms. The first-order chi connectivity index (χ1) is 13.6. The van der Waals surface area contributed by atoms with Gasteiger partial charge in [-0.2, -0.15) is 0 Å². The summed E-state index contributed by atoms with van der Waals surface area (Å²) in [5.41, 5.74) is 2.83. The van der Waals surface area contributed by atoms with E-state index < -0.39 is 11.9 Å². The Morgan fingerprint density at radius 2 is 1.79 bits per heavy atom. The van der Waals surface area contributed by atoms with Crippen molar-refractivity contribution < 1.29 is 14.3 Å². The average Bonchev–Trinajstić information content (AvgIpc) is 2.74. The molecule has 3 aromatic rings. The van der Waals surface area contributed by atoms with Crippen molar-refractivity contribution in [2.24, 2.45) is 0 Å². The molecule has 1 heterocycles. The first-order valence-corrected chi connectivity index (χ1v) is 8.78. The van der Waals surface area contributed by atoms with Crippen LogP contribution < -0.4 is 10.6 Å². The van der Waals surface area contributed by atoms with E-state index in [1.807, 2.05) is 24.3 Å². The number of aryl methyl sites for hydroxylation is 1. The smallest absolute Gasteiger partial charge is 0.339 e. The fourth-order valence-electron chi connectivity index (χ4n) is 2.56. The lowest BCUT2D eigenvalue weighted by molar-refractivity contribution is 0.0602. The second-order valence-electron chi connectivity index (χ2n) is 5.93. The van der Waals surface area contributed by atoms with E-state index in [0.29, 0.717) is 11.6 Å². The summed E-state index contributed by atoms with van der Waals surface area (Å²) >= 11 is 0. The third kappa shape index (κ3) is 4.50. The molecule has 0 aliphatic carbocycles. The van der Waals surface area contributed by atoms with Gasteiger partial charge in [0.05, 0.1) is 18.4 Å². The van der Waals surface area contributed by atoms with Gasteiger partial charge in [0.15, 0.2) is 0 Å². The third-order valence-corrected chi connectivity index (χ3v) is 4.09. The van der Waals surface area contributed by atoms with Crippen molar-refractivity contribution in [3.63, 3.8) is 0 Å². The number of hydrogen-bond donors (Lipinski definition) is 2. The minimum Gasteiger partial charge on any atom is -0.465 e. The van der Waals surface area contributed by atoms with E-state index in [0.717, 1.165) is 12.1 Å². The standard InChI is InChI=1S/C21H20N4O3/c1-3-14-8-10-15(11-9-14)23-21-22-13-12-18(25-21)19(26)24-17-7-5-4-6-16(17)20(27)28-2/h4-13H,3H2,1-2H3,(H,24,26)(H,22,23,25). The second-order valence-corrected chi connectivity index (χ2v) is 5.93. The van der Waals surface area contributed by atoms with Gasteiger partial charge >= 0.3 is 5.97 Å². The summed E-state index contributed by atoms with van der Waals surface area (Å²) in [6.07, 6.45) is 2.45. The molecule has 3 rings (SSSR count). The molecular formula is C21H20N4O3. The molecule has 7 heteroatoms. The van der Waals surface area contributed by atoms with E-state index in [1.165, 1.54) is 24.9 Å². The summed E-state index contributed by atoms with van der Waals surface area (Å²) < 4.78 is 4.74. The summed E-state index contributed by atoms with van der Waals surface area (Å²) in [6.45, 7) is 2.09. The maximum atomic E-state index is 12.6. The van der Waals surface area contributed by atoms with Crippen LogP contribution in [0.4, 0.5) is 17.3 Å². The molecule has 0 aliphatic heterocycles. The number of rotatable bonds is 6. The van der Waals surface area contributed by atoms with Crippen molar-refractivity contribution in [1.82, 2.24) is 9.97 Å². The van der Waals surface area contributed by atoms with Crippen LogP contribution in [0.1, 0.15) is 33.3 Å². The number of aromatic nitrogens is 2. The van der Waals surface area contributed by atoms with Crippen molar-refractivity contribution in [2.45, 2.75) is 13.3 Å². The molecule has 0 saturated carbocycles. The highest BCUT2D eigenvalue weighted by atomic mass is 16.5. The van der Waals surface area contributed by atoms with E-state index in [2.05, 4.69) is 27.5 Å². The molecular weight excluding hydrogens is 356 g/mol. The Morgan fingerprint density at radius 3 is 2.50 bits per heavy atom. The maximum absolute atomic E-state index is 12.6. The Hall–Kier alpha value is -3.74. The average molecular weight is 376 g/mol. The molecule has 1 amide bonds. The van der Waals surface area contributed by atoms with Gasteiger partial charge in [-0.15, -0.1) is 0 Å². The number of esters is 1. The molecule has 142 valence electrons. The summed E-state index contributed by atoms with van der Waals surface area (Å²) in [5, 5.41) is 5.77. The Bertz CT molecular complexity index is 987. The number of carbonyl (C=O) groups excluding carboxylic acids is 2. The molecule has 0 saturated heterocycles. The molecule has 0 unspecified atom stereocenters. The van der Waals surface area contributed by atoms with Crippen molar-refractivity contribution in [3.05, 3.63) is 77.6 Å². The minimum atomic E-state index is -0.531. The first kappa shape index (κ1) is 19.0. The van der Waals surface area contributed by atoms with Gasteiger partial charge in [0.1, 0.15) is 5.69 Å². The van der Waals surface area contributed by atoms with Gasteiger partial charge in [0.25, 0.3) is 5.91 Å². The lowest BCUT2D eigenvalue weighted by atomic mass is 10.1. The largest absolute Gasteiger partial charge is 0.465 e. The van der Waals surface area contributed by atoms with E-state index in [4.69, 9.17) is 4.74 Å². The Kier molecular flexibility index (Phi) is 5.96. The number of nitrogens with one attached hydrogen (secondary N) is 2. The number of para-hydroxylation sites is 1. The number of methoxy groups -OCH3 is 1. The Morgan fingerprint density at radius 1 is 1.04 bits per heavy atom. The van der Waals surface area contributed by atoms with Gasteiger partial charge in [0.2, 0.25) is 5.95 Å². The SMILES string of the molecule is CCc1ccc(Nc2nccc(C(=O)Nc3ccccc3C(=O)OC)n2)cc1. The molecule has 7 nitrogen and oxygen atoms in total. The van der Waals surface area contributed by atoms with Crippen molar-refractivity contribution in [2.75, 3.05) is 17.7 Å². The van der Waals surface area contributed by atoms with E-state index in [-0.39, 0.29) is 11.3 Å². The summed E-state index contributed by atoms with van der Waals surface area (Å²) in [4.78, 5) is 32.8. The Balaban J connectivity index is 1.76. The number of amides is 1. The lowest BCUT2D eigenvalue weighted by Gasteiger charge is -2.10. The van der Waals surface area contributed by atoms with Crippen molar-refractivity contribution in [3.8, 4) is 0 Å². The van der Waals surface area contributed by atoms with E-state index in [9.17, 15) is 9.59 Å². The van der Waals surface area contributed by atoms with Gasteiger partial charge in [-0.05, 0) is 42.3 Å². The first-order valence-electron chi connectivity index (χ1n) is 8.78. The number of ether oxygens (including phenoxy) is 1. The zero-order chi connectivity index (χ0) is 19.9. The van der Waals surface area contributed by atoms with Crippen LogP contribution in [0.5, 0.6) is 0 Å². The fraction of sp³-hybridized carbons (Fsp3) is 0.143. The molecule has 2 aromatic carbocycles. The zero-order valence-electron chi connectivity index (χ0n) is 15.6. The fourth-order valence-corrected chi connectivity index (χ4v) is 2.56. The molecule has 0 bridgehead atoms. The van der Waals surface area contributed by atoms with Gasteiger partial charge < -0.3 is 15.4 Å². The van der Waals surface area contributed by atoms with Gasteiger partial charge in [-0.25, -0.2) is 14.8 Å². The van der Waals surface area contributed by atoms with E-state index in [1.54, 1.807) is 24.3 Å². The predicted molar refractivity (Wildman–Crippen MR) is 107 cm³/mol.